The number of rotatable bonds is 4. The molecule has 1 aromatic carbocycles. The van der Waals surface area contributed by atoms with E-state index in [1.54, 1.807) is 11.3 Å². The molecule has 1 unspecified atom stereocenters. The lowest BCUT2D eigenvalue weighted by Crippen LogP contribution is -2.18. The molecule has 0 fully saturated rings. The summed E-state index contributed by atoms with van der Waals surface area (Å²) < 4.78 is 15.0. The Hall–Kier alpha value is -0.230. The summed E-state index contributed by atoms with van der Waals surface area (Å²) in [6, 6.07) is 7.17. The zero-order chi connectivity index (χ0) is 13.1. The van der Waals surface area contributed by atoms with Crippen LogP contribution in [0.3, 0.4) is 0 Å². The summed E-state index contributed by atoms with van der Waals surface area (Å²) in [5, 5.41) is 5.42. The van der Waals surface area contributed by atoms with Crippen molar-refractivity contribution in [3.8, 4) is 0 Å². The molecule has 0 radical (unpaired) electrons. The number of nitrogens with one attached hydrogen (secondary N) is 1. The number of hydrogen-bond acceptors (Lipinski definition) is 2. The van der Waals surface area contributed by atoms with Gasteiger partial charge in [-0.2, -0.15) is 0 Å². The fraction of sp³-hybridized carbons (Fsp3) is 0.231. The predicted octanol–water partition coefficient (Wildman–Crippen LogP) is 4.92. The highest BCUT2D eigenvalue weighted by Gasteiger charge is 2.13. The van der Waals surface area contributed by atoms with Crippen molar-refractivity contribution < 1.29 is 4.39 Å². The first-order chi connectivity index (χ1) is 8.60. The quantitative estimate of drug-likeness (QED) is 0.778. The second kappa shape index (κ2) is 6.28. The number of hydrogen-bond donors (Lipinski definition) is 1. The van der Waals surface area contributed by atoms with Crippen LogP contribution in [0.1, 0.15) is 17.2 Å². The molecule has 0 amide bonds. The van der Waals surface area contributed by atoms with Gasteiger partial charge in [-0.1, -0.05) is 22.0 Å². The fourth-order valence-corrected chi connectivity index (χ4v) is 3.54. The van der Waals surface area contributed by atoms with Crippen LogP contribution in [0.4, 0.5) is 4.39 Å². The number of likely N-dealkylation sites (N-methyl/N-ethyl adjacent to an activating group) is 1. The minimum atomic E-state index is -0.218. The number of benzene rings is 1. The monoisotopic (exact) mass is 391 g/mol. The third-order valence-corrected chi connectivity index (χ3v) is 5.04. The van der Waals surface area contributed by atoms with Crippen molar-refractivity contribution in [3.63, 3.8) is 0 Å². The van der Waals surface area contributed by atoms with E-state index in [4.69, 9.17) is 0 Å². The van der Waals surface area contributed by atoms with Crippen LogP contribution in [0.5, 0.6) is 0 Å². The van der Waals surface area contributed by atoms with Crippen molar-refractivity contribution >= 4 is 43.2 Å². The van der Waals surface area contributed by atoms with Gasteiger partial charge in [0, 0.05) is 10.5 Å². The van der Waals surface area contributed by atoms with Gasteiger partial charge in [0.2, 0.25) is 0 Å². The van der Waals surface area contributed by atoms with Crippen LogP contribution >= 0.6 is 43.2 Å². The summed E-state index contributed by atoms with van der Waals surface area (Å²) in [6.45, 7) is 0. The Morgan fingerprint density at radius 1 is 1.33 bits per heavy atom. The van der Waals surface area contributed by atoms with Gasteiger partial charge in [0.1, 0.15) is 5.82 Å². The van der Waals surface area contributed by atoms with Crippen LogP contribution in [0, 0.1) is 5.82 Å². The Kier molecular flexibility index (Phi) is 4.95. The van der Waals surface area contributed by atoms with Crippen molar-refractivity contribution in [2.24, 2.45) is 0 Å². The van der Waals surface area contributed by atoms with Crippen molar-refractivity contribution in [3.05, 3.63) is 54.8 Å². The minimum Gasteiger partial charge on any atom is -0.313 e. The summed E-state index contributed by atoms with van der Waals surface area (Å²) >= 11 is 8.55. The van der Waals surface area contributed by atoms with Gasteiger partial charge < -0.3 is 5.32 Å². The topological polar surface area (TPSA) is 12.0 Å². The molecule has 1 aromatic heterocycles. The van der Waals surface area contributed by atoms with E-state index in [-0.39, 0.29) is 11.9 Å². The van der Waals surface area contributed by atoms with Gasteiger partial charge >= 0.3 is 0 Å². The van der Waals surface area contributed by atoms with E-state index in [2.05, 4.69) is 48.6 Å². The molecule has 0 saturated heterocycles. The maximum Gasteiger partial charge on any atom is 0.124 e. The van der Waals surface area contributed by atoms with Gasteiger partial charge in [0.25, 0.3) is 0 Å². The van der Waals surface area contributed by atoms with Crippen molar-refractivity contribution in [2.45, 2.75) is 12.5 Å². The Balaban J connectivity index is 2.20. The van der Waals surface area contributed by atoms with Crippen molar-refractivity contribution in [2.75, 3.05) is 7.05 Å². The summed E-state index contributed by atoms with van der Waals surface area (Å²) in [7, 11) is 1.94. The van der Waals surface area contributed by atoms with E-state index in [1.165, 1.54) is 17.7 Å². The molecular weight excluding hydrogens is 381 g/mol. The lowest BCUT2D eigenvalue weighted by molar-refractivity contribution is 0.589. The minimum absolute atomic E-state index is 0.218. The third kappa shape index (κ3) is 3.41. The molecule has 0 saturated carbocycles. The molecule has 0 spiro atoms. The van der Waals surface area contributed by atoms with Gasteiger partial charge in [-0.15, -0.1) is 11.3 Å². The molecule has 1 N–H and O–H groups in total. The highest BCUT2D eigenvalue weighted by molar-refractivity contribution is 9.11. The standard InChI is InChI=1S/C13H12Br2FNS/c1-17-12(9-5-13(15)18-7-9)4-8-2-3-10(16)6-11(8)14/h2-3,5-7,12,17H,4H2,1H3. The molecule has 1 nitrogen and oxygen atoms in total. The molecule has 0 bridgehead atoms. The first kappa shape index (κ1) is 14.2. The van der Waals surface area contributed by atoms with Crippen LogP contribution in [-0.4, -0.2) is 7.05 Å². The molecule has 96 valence electrons. The molecule has 18 heavy (non-hydrogen) atoms. The Morgan fingerprint density at radius 2 is 2.11 bits per heavy atom. The van der Waals surface area contributed by atoms with E-state index >= 15 is 0 Å². The van der Waals surface area contributed by atoms with Crippen LogP contribution in [-0.2, 0) is 6.42 Å². The summed E-state index contributed by atoms with van der Waals surface area (Å²) in [5.41, 5.74) is 2.34. The zero-order valence-corrected chi connectivity index (χ0v) is 13.7. The zero-order valence-electron chi connectivity index (χ0n) is 9.71. The summed E-state index contributed by atoms with van der Waals surface area (Å²) in [6.07, 6.45) is 0.820. The number of thiophene rings is 1. The molecule has 1 heterocycles. The van der Waals surface area contributed by atoms with E-state index in [0.717, 1.165) is 20.2 Å². The van der Waals surface area contributed by atoms with E-state index in [0.29, 0.717) is 0 Å². The summed E-state index contributed by atoms with van der Waals surface area (Å²) in [4.78, 5) is 0. The van der Waals surface area contributed by atoms with E-state index in [1.807, 2.05) is 13.1 Å². The highest BCUT2D eigenvalue weighted by Crippen LogP contribution is 2.29. The lowest BCUT2D eigenvalue weighted by Gasteiger charge is -2.16. The first-order valence-corrected chi connectivity index (χ1v) is 7.92. The van der Waals surface area contributed by atoms with Crippen molar-refractivity contribution in [1.82, 2.24) is 5.32 Å². The molecule has 1 atom stereocenters. The predicted molar refractivity (Wildman–Crippen MR) is 81.6 cm³/mol. The fourth-order valence-electron chi connectivity index (χ4n) is 1.80. The number of halogens is 3. The smallest absolute Gasteiger partial charge is 0.124 e. The van der Waals surface area contributed by atoms with Crippen LogP contribution < -0.4 is 5.32 Å². The largest absolute Gasteiger partial charge is 0.313 e. The van der Waals surface area contributed by atoms with Gasteiger partial charge in [-0.05, 0) is 64.1 Å². The molecule has 5 heteroatoms. The average Bonchev–Trinajstić information content (AvgIpc) is 2.75. The molecule has 2 rings (SSSR count). The highest BCUT2D eigenvalue weighted by atomic mass is 79.9. The van der Waals surface area contributed by atoms with Crippen molar-refractivity contribution in [1.29, 1.82) is 0 Å². The maximum atomic E-state index is 13.0. The van der Waals surface area contributed by atoms with Gasteiger partial charge in [-0.3, -0.25) is 0 Å². The van der Waals surface area contributed by atoms with Crippen LogP contribution in [0.2, 0.25) is 0 Å². The van der Waals surface area contributed by atoms with Crippen LogP contribution in [0.25, 0.3) is 0 Å². The molecule has 0 aliphatic carbocycles. The molecule has 2 aromatic rings. The van der Waals surface area contributed by atoms with E-state index in [9.17, 15) is 4.39 Å². The normalized spacial score (nSPS) is 12.7. The molecular formula is C13H12Br2FNS. The lowest BCUT2D eigenvalue weighted by atomic mass is 10.0. The Morgan fingerprint density at radius 3 is 2.67 bits per heavy atom. The second-order valence-corrected chi connectivity index (χ2v) is 7.11. The second-order valence-electron chi connectivity index (χ2n) is 3.97. The van der Waals surface area contributed by atoms with Gasteiger partial charge in [0.05, 0.1) is 3.79 Å². The molecule has 0 aliphatic rings. The van der Waals surface area contributed by atoms with E-state index < -0.39 is 0 Å². The summed E-state index contributed by atoms with van der Waals surface area (Å²) in [5.74, 6) is -0.218. The average molecular weight is 393 g/mol. The Labute approximate surface area is 127 Å². The molecule has 0 aliphatic heterocycles. The SMILES string of the molecule is CNC(Cc1ccc(F)cc1Br)c1csc(Br)c1. The third-order valence-electron chi connectivity index (χ3n) is 2.78. The first-order valence-electron chi connectivity index (χ1n) is 5.45. The maximum absolute atomic E-state index is 13.0. The van der Waals surface area contributed by atoms with Gasteiger partial charge in [0.15, 0.2) is 0 Å². The van der Waals surface area contributed by atoms with Crippen LogP contribution in [0.15, 0.2) is 37.9 Å². The Bertz CT molecular complexity index is 542. The van der Waals surface area contributed by atoms with Gasteiger partial charge in [-0.25, -0.2) is 4.39 Å².